The van der Waals surface area contributed by atoms with Crippen molar-refractivity contribution < 1.29 is 4.39 Å². The molecular weight excluding hydrogens is 424 g/mol. The molecule has 134 valence electrons. The number of halogens is 4. The molecule has 0 aliphatic carbocycles. The summed E-state index contributed by atoms with van der Waals surface area (Å²) < 4.78 is 14.1. The van der Waals surface area contributed by atoms with Gasteiger partial charge in [-0.25, -0.2) is 9.37 Å². The standard InChI is InChI=1S/C21H11Cl3FNS/c22-15-9-8-14(10-17(15)24)19-11-27-21(26-19)13-6-4-12(5-7-13)20-16(23)2-1-3-18(20)25/h1-11H. The first-order valence-corrected chi connectivity index (χ1v) is 10.00. The Labute approximate surface area is 175 Å². The molecule has 1 nitrogen and oxygen atoms in total. The van der Waals surface area contributed by atoms with Gasteiger partial charge in [0.05, 0.1) is 20.8 Å². The van der Waals surface area contributed by atoms with Gasteiger partial charge in [-0.2, -0.15) is 0 Å². The quantitative estimate of drug-likeness (QED) is 0.316. The second-order valence-electron chi connectivity index (χ2n) is 5.84. The van der Waals surface area contributed by atoms with Crippen LogP contribution >= 0.6 is 46.1 Å². The van der Waals surface area contributed by atoms with Gasteiger partial charge in [-0.3, -0.25) is 0 Å². The monoisotopic (exact) mass is 433 g/mol. The maximum atomic E-state index is 14.1. The molecule has 0 bridgehead atoms. The highest BCUT2D eigenvalue weighted by molar-refractivity contribution is 7.13. The molecular formula is C21H11Cl3FNS. The third-order valence-corrected chi connectivity index (χ3v) is 6.05. The maximum Gasteiger partial charge on any atom is 0.132 e. The van der Waals surface area contributed by atoms with Crippen molar-refractivity contribution in [1.82, 2.24) is 4.98 Å². The molecule has 0 unspecified atom stereocenters. The third kappa shape index (κ3) is 3.74. The van der Waals surface area contributed by atoms with E-state index in [2.05, 4.69) is 4.98 Å². The first kappa shape index (κ1) is 18.5. The molecule has 27 heavy (non-hydrogen) atoms. The van der Waals surface area contributed by atoms with Crippen LogP contribution in [0.15, 0.2) is 66.0 Å². The van der Waals surface area contributed by atoms with E-state index in [9.17, 15) is 4.39 Å². The number of hydrogen-bond acceptors (Lipinski definition) is 2. The van der Waals surface area contributed by atoms with Crippen LogP contribution in [0, 0.1) is 5.82 Å². The summed E-state index contributed by atoms with van der Waals surface area (Å²) >= 11 is 19.7. The zero-order valence-electron chi connectivity index (χ0n) is 13.7. The van der Waals surface area contributed by atoms with Crippen LogP contribution in [-0.2, 0) is 0 Å². The number of benzene rings is 3. The molecule has 0 saturated carbocycles. The molecule has 0 fully saturated rings. The highest BCUT2D eigenvalue weighted by Gasteiger charge is 2.12. The van der Waals surface area contributed by atoms with Crippen LogP contribution in [0.5, 0.6) is 0 Å². The predicted molar refractivity (Wildman–Crippen MR) is 113 cm³/mol. The van der Waals surface area contributed by atoms with Gasteiger partial charge in [-0.1, -0.05) is 71.2 Å². The second kappa shape index (κ2) is 7.61. The van der Waals surface area contributed by atoms with Crippen LogP contribution < -0.4 is 0 Å². The van der Waals surface area contributed by atoms with Gasteiger partial charge in [0.2, 0.25) is 0 Å². The van der Waals surface area contributed by atoms with Gasteiger partial charge in [-0.05, 0) is 29.8 Å². The van der Waals surface area contributed by atoms with Crippen molar-refractivity contribution in [2.24, 2.45) is 0 Å². The maximum absolute atomic E-state index is 14.1. The number of hydrogen-bond donors (Lipinski definition) is 0. The summed E-state index contributed by atoms with van der Waals surface area (Å²) in [5, 5.41) is 4.23. The highest BCUT2D eigenvalue weighted by Crippen LogP contribution is 2.35. The highest BCUT2D eigenvalue weighted by atomic mass is 35.5. The van der Waals surface area contributed by atoms with Gasteiger partial charge in [0, 0.05) is 22.1 Å². The molecule has 0 radical (unpaired) electrons. The summed E-state index contributed by atoms with van der Waals surface area (Å²) in [6, 6.07) is 17.6. The minimum absolute atomic E-state index is 0.341. The van der Waals surface area contributed by atoms with Gasteiger partial charge in [0.15, 0.2) is 0 Å². The molecule has 1 aromatic heterocycles. The van der Waals surface area contributed by atoms with Gasteiger partial charge in [0.1, 0.15) is 10.8 Å². The van der Waals surface area contributed by atoms with Crippen molar-refractivity contribution in [3.63, 3.8) is 0 Å². The van der Waals surface area contributed by atoms with E-state index in [0.29, 0.717) is 20.6 Å². The van der Waals surface area contributed by atoms with Crippen molar-refractivity contribution in [2.45, 2.75) is 0 Å². The van der Waals surface area contributed by atoms with Crippen LogP contribution in [0.25, 0.3) is 33.0 Å². The van der Waals surface area contributed by atoms with E-state index >= 15 is 0 Å². The number of nitrogens with zero attached hydrogens (tertiary/aromatic N) is 1. The topological polar surface area (TPSA) is 12.9 Å². The van der Waals surface area contributed by atoms with E-state index in [1.807, 2.05) is 35.7 Å². The van der Waals surface area contributed by atoms with Crippen molar-refractivity contribution in [3.05, 3.63) is 86.9 Å². The smallest absolute Gasteiger partial charge is 0.132 e. The Morgan fingerprint density at radius 1 is 0.741 bits per heavy atom. The lowest BCUT2D eigenvalue weighted by molar-refractivity contribution is 0.631. The summed E-state index contributed by atoms with van der Waals surface area (Å²) in [7, 11) is 0. The van der Waals surface area contributed by atoms with E-state index in [1.54, 1.807) is 24.3 Å². The number of thiazole rings is 1. The molecule has 0 amide bonds. The summed E-state index contributed by atoms with van der Waals surface area (Å²) in [6.45, 7) is 0. The lowest BCUT2D eigenvalue weighted by Gasteiger charge is -2.06. The molecule has 0 spiro atoms. The van der Waals surface area contributed by atoms with Crippen LogP contribution in [-0.4, -0.2) is 4.98 Å². The van der Waals surface area contributed by atoms with Crippen LogP contribution in [0.4, 0.5) is 4.39 Å². The van der Waals surface area contributed by atoms with Gasteiger partial charge >= 0.3 is 0 Å². The Morgan fingerprint density at radius 3 is 2.15 bits per heavy atom. The zero-order valence-corrected chi connectivity index (χ0v) is 16.8. The Morgan fingerprint density at radius 2 is 1.44 bits per heavy atom. The molecule has 0 N–H and O–H groups in total. The van der Waals surface area contributed by atoms with Crippen molar-refractivity contribution in [1.29, 1.82) is 0 Å². The lowest BCUT2D eigenvalue weighted by atomic mass is 10.0. The predicted octanol–water partition coefficient (Wildman–Crippen LogP) is 8.24. The minimum atomic E-state index is -0.341. The fourth-order valence-corrected chi connectivity index (χ4v) is 4.15. The average Bonchev–Trinajstić information content (AvgIpc) is 3.14. The van der Waals surface area contributed by atoms with Crippen LogP contribution in [0.1, 0.15) is 0 Å². The first-order valence-electron chi connectivity index (χ1n) is 7.99. The average molecular weight is 435 g/mol. The van der Waals surface area contributed by atoms with Gasteiger partial charge in [0.25, 0.3) is 0 Å². The van der Waals surface area contributed by atoms with E-state index in [-0.39, 0.29) is 5.82 Å². The minimum Gasteiger partial charge on any atom is -0.236 e. The molecule has 0 atom stereocenters. The lowest BCUT2D eigenvalue weighted by Crippen LogP contribution is -1.86. The van der Waals surface area contributed by atoms with E-state index in [4.69, 9.17) is 34.8 Å². The van der Waals surface area contributed by atoms with E-state index in [0.717, 1.165) is 27.4 Å². The largest absolute Gasteiger partial charge is 0.236 e. The Kier molecular flexibility index (Phi) is 5.20. The zero-order chi connectivity index (χ0) is 19.0. The Balaban J connectivity index is 1.65. The molecule has 0 saturated heterocycles. The number of rotatable bonds is 3. The molecule has 3 aromatic carbocycles. The van der Waals surface area contributed by atoms with Crippen molar-refractivity contribution in [2.75, 3.05) is 0 Å². The van der Waals surface area contributed by atoms with Crippen LogP contribution in [0.2, 0.25) is 15.1 Å². The fraction of sp³-hybridized carbons (Fsp3) is 0. The fourth-order valence-electron chi connectivity index (χ4n) is 2.75. The first-order chi connectivity index (χ1) is 13.0. The van der Waals surface area contributed by atoms with E-state index < -0.39 is 0 Å². The molecule has 4 aromatic rings. The second-order valence-corrected chi connectivity index (χ2v) is 7.92. The van der Waals surface area contributed by atoms with Gasteiger partial charge in [-0.15, -0.1) is 11.3 Å². The van der Waals surface area contributed by atoms with E-state index in [1.165, 1.54) is 17.4 Å². The molecule has 0 aliphatic heterocycles. The van der Waals surface area contributed by atoms with Gasteiger partial charge < -0.3 is 0 Å². The summed E-state index contributed by atoms with van der Waals surface area (Å²) in [5.74, 6) is -0.341. The van der Waals surface area contributed by atoms with Crippen molar-refractivity contribution >= 4 is 46.1 Å². The third-order valence-electron chi connectivity index (χ3n) is 4.10. The van der Waals surface area contributed by atoms with Crippen LogP contribution in [0.3, 0.4) is 0 Å². The molecule has 6 heteroatoms. The molecule has 0 aliphatic rings. The molecule has 1 heterocycles. The Bertz CT molecular complexity index is 1100. The Hall–Kier alpha value is -1.91. The number of aromatic nitrogens is 1. The summed E-state index contributed by atoms with van der Waals surface area (Å²) in [4.78, 5) is 4.68. The summed E-state index contributed by atoms with van der Waals surface area (Å²) in [5.41, 5.74) is 3.81. The van der Waals surface area contributed by atoms with Crippen molar-refractivity contribution in [3.8, 4) is 33.0 Å². The molecule has 4 rings (SSSR count). The normalized spacial score (nSPS) is 11.0. The summed E-state index contributed by atoms with van der Waals surface area (Å²) in [6.07, 6.45) is 0. The SMILES string of the molecule is Fc1cccc(Cl)c1-c1ccc(-c2nc(-c3ccc(Cl)c(Cl)c3)cs2)cc1.